The summed E-state index contributed by atoms with van der Waals surface area (Å²) in [6.07, 6.45) is 2.96. The molecule has 0 unspecified atom stereocenters. The van der Waals surface area contributed by atoms with Crippen LogP contribution in [0.4, 0.5) is 0 Å². The molecule has 0 saturated carbocycles. The number of hydrogen-bond donors (Lipinski definition) is 2. The van der Waals surface area contributed by atoms with Gasteiger partial charge in [-0.2, -0.15) is 0 Å². The van der Waals surface area contributed by atoms with Gasteiger partial charge in [0.1, 0.15) is 13.2 Å². The number of carbonyl (C=O) groups is 1. The minimum absolute atomic E-state index is 0.116. The van der Waals surface area contributed by atoms with Gasteiger partial charge in [-0.15, -0.1) is 0 Å². The van der Waals surface area contributed by atoms with Gasteiger partial charge in [0.05, 0.1) is 5.56 Å². The van der Waals surface area contributed by atoms with Crippen LogP contribution in [-0.2, 0) is 0 Å². The van der Waals surface area contributed by atoms with Crippen molar-refractivity contribution >= 4 is 5.91 Å². The van der Waals surface area contributed by atoms with Gasteiger partial charge in [-0.1, -0.05) is 12.5 Å². The van der Waals surface area contributed by atoms with Crippen LogP contribution in [0.1, 0.15) is 29.6 Å². The number of benzene rings is 1. The second-order valence-electron chi connectivity index (χ2n) is 4.43. The summed E-state index contributed by atoms with van der Waals surface area (Å²) in [5.41, 5.74) is 5.96. The van der Waals surface area contributed by atoms with E-state index in [-0.39, 0.29) is 5.91 Å². The number of amides is 1. The second kappa shape index (κ2) is 6.99. The zero-order valence-electron chi connectivity index (χ0n) is 11.0. The van der Waals surface area contributed by atoms with E-state index in [4.69, 9.17) is 15.2 Å². The van der Waals surface area contributed by atoms with E-state index >= 15 is 0 Å². The molecule has 104 valence electrons. The Morgan fingerprint density at radius 2 is 2.05 bits per heavy atom. The number of ether oxygens (including phenoxy) is 2. The van der Waals surface area contributed by atoms with Crippen LogP contribution in [-0.4, -0.2) is 32.2 Å². The molecular weight excluding hydrogens is 244 g/mol. The summed E-state index contributed by atoms with van der Waals surface area (Å²) in [5, 5.41) is 2.89. The summed E-state index contributed by atoms with van der Waals surface area (Å²) in [7, 11) is 0. The number of carbonyl (C=O) groups excluding carboxylic acids is 1. The third-order valence-corrected chi connectivity index (χ3v) is 2.98. The van der Waals surface area contributed by atoms with Gasteiger partial charge in [0.25, 0.3) is 5.91 Å². The molecule has 1 amide bonds. The molecule has 3 N–H and O–H groups in total. The lowest BCUT2D eigenvalue weighted by Crippen LogP contribution is -2.26. The first-order valence-corrected chi connectivity index (χ1v) is 6.70. The summed E-state index contributed by atoms with van der Waals surface area (Å²) in [5.74, 6) is 1.07. The van der Waals surface area contributed by atoms with Gasteiger partial charge in [-0.05, 0) is 31.5 Å². The fourth-order valence-electron chi connectivity index (χ4n) is 2.00. The van der Waals surface area contributed by atoms with E-state index in [0.717, 1.165) is 19.3 Å². The van der Waals surface area contributed by atoms with E-state index in [0.29, 0.717) is 43.4 Å². The predicted octanol–water partition coefficient (Wildman–Crippen LogP) is 1.32. The Labute approximate surface area is 113 Å². The molecule has 1 aromatic carbocycles. The van der Waals surface area contributed by atoms with Crippen molar-refractivity contribution in [2.75, 3.05) is 26.3 Å². The lowest BCUT2D eigenvalue weighted by molar-refractivity contribution is 0.0942. The molecule has 0 radical (unpaired) electrons. The van der Waals surface area contributed by atoms with Crippen LogP contribution < -0.4 is 20.5 Å². The van der Waals surface area contributed by atoms with Crippen molar-refractivity contribution in [1.29, 1.82) is 0 Å². The van der Waals surface area contributed by atoms with Crippen LogP contribution in [0.15, 0.2) is 18.2 Å². The zero-order chi connectivity index (χ0) is 13.5. The molecule has 5 nitrogen and oxygen atoms in total. The molecule has 19 heavy (non-hydrogen) atoms. The molecule has 5 heteroatoms. The maximum atomic E-state index is 12.1. The summed E-state index contributed by atoms with van der Waals surface area (Å²) >= 11 is 0. The summed E-state index contributed by atoms with van der Waals surface area (Å²) in [4.78, 5) is 12.1. The summed E-state index contributed by atoms with van der Waals surface area (Å²) in [6.45, 7) is 2.36. The van der Waals surface area contributed by atoms with Crippen molar-refractivity contribution in [2.24, 2.45) is 5.73 Å². The number of hydrogen-bond acceptors (Lipinski definition) is 4. The Hall–Kier alpha value is -1.75. The first-order chi connectivity index (χ1) is 9.33. The molecule has 0 aliphatic carbocycles. The Kier molecular flexibility index (Phi) is 5.03. The number of fused-ring (bicyclic) bond motifs is 1. The fraction of sp³-hybridized carbons (Fsp3) is 0.500. The van der Waals surface area contributed by atoms with Crippen molar-refractivity contribution in [3.63, 3.8) is 0 Å². The van der Waals surface area contributed by atoms with E-state index in [1.165, 1.54) is 0 Å². The maximum absolute atomic E-state index is 12.1. The first-order valence-electron chi connectivity index (χ1n) is 6.70. The standard InChI is InChI=1S/C14H20N2O3/c15-7-2-1-3-8-16-14(17)11-5-4-6-12-13(11)19-10-9-18-12/h4-6H,1-3,7-10,15H2,(H,16,17). The number of nitrogens with one attached hydrogen (secondary N) is 1. The monoisotopic (exact) mass is 264 g/mol. The van der Waals surface area contributed by atoms with Crippen LogP contribution in [0.25, 0.3) is 0 Å². The van der Waals surface area contributed by atoms with Crippen molar-refractivity contribution in [2.45, 2.75) is 19.3 Å². The molecule has 1 aliphatic heterocycles. The number of rotatable bonds is 6. The minimum Gasteiger partial charge on any atom is -0.486 e. The van der Waals surface area contributed by atoms with E-state index in [2.05, 4.69) is 5.32 Å². The number of nitrogens with two attached hydrogens (primary N) is 1. The van der Waals surface area contributed by atoms with Gasteiger partial charge in [-0.25, -0.2) is 0 Å². The predicted molar refractivity (Wildman–Crippen MR) is 72.7 cm³/mol. The van der Waals surface area contributed by atoms with Gasteiger partial charge in [0.15, 0.2) is 11.5 Å². The Morgan fingerprint density at radius 1 is 1.21 bits per heavy atom. The van der Waals surface area contributed by atoms with Gasteiger partial charge in [0.2, 0.25) is 0 Å². The van der Waals surface area contributed by atoms with E-state index in [1.54, 1.807) is 12.1 Å². The molecular formula is C14H20N2O3. The maximum Gasteiger partial charge on any atom is 0.255 e. The highest BCUT2D eigenvalue weighted by Gasteiger charge is 2.19. The van der Waals surface area contributed by atoms with Crippen LogP contribution >= 0.6 is 0 Å². The minimum atomic E-state index is -0.116. The van der Waals surface area contributed by atoms with Gasteiger partial charge in [-0.3, -0.25) is 4.79 Å². The molecule has 1 aromatic rings. The summed E-state index contributed by atoms with van der Waals surface area (Å²) < 4.78 is 11.0. The van der Waals surface area contributed by atoms with E-state index < -0.39 is 0 Å². The lowest BCUT2D eigenvalue weighted by Gasteiger charge is -2.20. The van der Waals surface area contributed by atoms with Crippen LogP contribution in [0, 0.1) is 0 Å². The highest BCUT2D eigenvalue weighted by atomic mass is 16.6. The molecule has 0 atom stereocenters. The molecule has 2 rings (SSSR count). The van der Waals surface area contributed by atoms with Gasteiger partial charge < -0.3 is 20.5 Å². The van der Waals surface area contributed by atoms with Crippen molar-refractivity contribution < 1.29 is 14.3 Å². The average Bonchev–Trinajstić information content (AvgIpc) is 2.46. The van der Waals surface area contributed by atoms with Crippen molar-refractivity contribution in [3.8, 4) is 11.5 Å². The van der Waals surface area contributed by atoms with Gasteiger partial charge >= 0.3 is 0 Å². The topological polar surface area (TPSA) is 73.6 Å². The Balaban J connectivity index is 1.92. The molecule has 0 fully saturated rings. The molecule has 1 aliphatic rings. The smallest absolute Gasteiger partial charge is 0.255 e. The quantitative estimate of drug-likeness (QED) is 0.760. The third-order valence-electron chi connectivity index (χ3n) is 2.98. The first kappa shape index (κ1) is 13.7. The van der Waals surface area contributed by atoms with Gasteiger partial charge in [0, 0.05) is 6.54 Å². The van der Waals surface area contributed by atoms with Crippen LogP contribution in [0.5, 0.6) is 11.5 Å². The summed E-state index contributed by atoms with van der Waals surface area (Å²) in [6, 6.07) is 5.37. The third kappa shape index (κ3) is 3.61. The largest absolute Gasteiger partial charge is 0.486 e. The normalized spacial score (nSPS) is 13.1. The van der Waals surface area contributed by atoms with Crippen molar-refractivity contribution in [1.82, 2.24) is 5.32 Å². The molecule has 1 heterocycles. The van der Waals surface area contributed by atoms with Crippen LogP contribution in [0.2, 0.25) is 0 Å². The fourth-order valence-corrected chi connectivity index (χ4v) is 2.00. The molecule has 0 saturated heterocycles. The van der Waals surface area contributed by atoms with E-state index in [1.807, 2.05) is 6.07 Å². The van der Waals surface area contributed by atoms with Crippen molar-refractivity contribution in [3.05, 3.63) is 23.8 Å². The molecule has 0 aromatic heterocycles. The highest BCUT2D eigenvalue weighted by molar-refractivity contribution is 5.97. The zero-order valence-corrected chi connectivity index (χ0v) is 11.0. The Morgan fingerprint density at radius 3 is 2.89 bits per heavy atom. The second-order valence-corrected chi connectivity index (χ2v) is 4.43. The Bertz CT molecular complexity index is 435. The number of unbranched alkanes of at least 4 members (excludes halogenated alkanes) is 2. The number of para-hydroxylation sites is 1. The SMILES string of the molecule is NCCCCCNC(=O)c1cccc2c1OCCO2. The van der Waals surface area contributed by atoms with E-state index in [9.17, 15) is 4.79 Å². The molecule has 0 spiro atoms. The average molecular weight is 264 g/mol. The highest BCUT2D eigenvalue weighted by Crippen LogP contribution is 2.33. The lowest BCUT2D eigenvalue weighted by atomic mass is 10.1. The van der Waals surface area contributed by atoms with Crippen LogP contribution in [0.3, 0.4) is 0 Å². The molecule has 0 bridgehead atoms.